The van der Waals surface area contributed by atoms with Gasteiger partial charge in [0.25, 0.3) is 0 Å². The fraction of sp³-hybridized carbons (Fsp3) is 0.143. The molecule has 0 unspecified atom stereocenters. The van der Waals surface area contributed by atoms with Crippen molar-refractivity contribution >= 4 is 11.6 Å². The first-order chi connectivity index (χ1) is 5.16. The molecule has 0 spiro atoms. The van der Waals surface area contributed by atoms with E-state index in [1.807, 2.05) is 0 Å². The smallest absolute Gasteiger partial charge is 0.194 e. The Bertz CT molecular complexity index is 273. The molecule has 1 aromatic rings. The normalized spacial score (nSPS) is 10.2. The predicted octanol–water partition coefficient (Wildman–Crippen LogP) is 2.84. The lowest BCUT2D eigenvalue weighted by Crippen LogP contribution is -1.94. The number of benzene rings is 1. The average Bonchev–Trinajstić information content (AvgIpc) is 2.01. The number of hydrogen-bond acceptors (Lipinski definition) is 0. The Hall–Kier alpha value is -0.700. The van der Waals surface area contributed by atoms with E-state index >= 15 is 0 Å². The van der Waals surface area contributed by atoms with E-state index < -0.39 is 17.5 Å². The summed E-state index contributed by atoms with van der Waals surface area (Å²) < 4.78 is 37.2. The Kier molecular flexibility index (Phi) is 2.39. The molecule has 60 valence electrons. The second-order valence-electron chi connectivity index (χ2n) is 1.97. The zero-order valence-corrected chi connectivity index (χ0v) is 6.13. The third kappa shape index (κ3) is 1.48. The predicted molar refractivity (Wildman–Crippen MR) is 35.9 cm³/mol. The van der Waals surface area contributed by atoms with Crippen LogP contribution in [0.25, 0.3) is 0 Å². The van der Waals surface area contributed by atoms with Crippen molar-refractivity contribution in [3.05, 3.63) is 35.1 Å². The van der Waals surface area contributed by atoms with Crippen molar-refractivity contribution in [2.75, 3.05) is 0 Å². The SMILES string of the molecule is Fc1ccc(CCl)c(F)c1F. The summed E-state index contributed by atoms with van der Waals surface area (Å²) >= 11 is 5.23. The van der Waals surface area contributed by atoms with Gasteiger partial charge in [-0.3, -0.25) is 0 Å². The molecular formula is C7H4ClF3. The Morgan fingerprint density at radius 1 is 1.09 bits per heavy atom. The van der Waals surface area contributed by atoms with E-state index in [0.29, 0.717) is 0 Å². The summed E-state index contributed by atoms with van der Waals surface area (Å²) in [4.78, 5) is 0. The van der Waals surface area contributed by atoms with E-state index in [1.165, 1.54) is 0 Å². The van der Waals surface area contributed by atoms with Crippen LogP contribution in [-0.2, 0) is 5.88 Å². The summed E-state index contributed by atoms with van der Waals surface area (Å²) in [5.41, 5.74) is -0.0365. The molecule has 0 heterocycles. The van der Waals surface area contributed by atoms with Gasteiger partial charge in [0.05, 0.1) is 5.88 Å². The molecule has 0 fully saturated rings. The summed E-state index contributed by atoms with van der Waals surface area (Å²) in [6.45, 7) is 0. The summed E-state index contributed by atoms with van der Waals surface area (Å²) in [5.74, 6) is -4.04. The lowest BCUT2D eigenvalue weighted by molar-refractivity contribution is 0.443. The zero-order valence-electron chi connectivity index (χ0n) is 5.37. The maximum atomic E-state index is 12.6. The third-order valence-corrected chi connectivity index (χ3v) is 1.55. The monoisotopic (exact) mass is 180 g/mol. The van der Waals surface area contributed by atoms with Gasteiger partial charge in [0.2, 0.25) is 0 Å². The largest absolute Gasteiger partial charge is 0.204 e. The van der Waals surface area contributed by atoms with E-state index in [4.69, 9.17) is 11.6 Å². The van der Waals surface area contributed by atoms with E-state index in [0.717, 1.165) is 12.1 Å². The molecule has 0 bridgehead atoms. The second-order valence-corrected chi connectivity index (χ2v) is 2.24. The third-order valence-electron chi connectivity index (χ3n) is 1.26. The minimum absolute atomic E-state index is 0.0365. The van der Waals surface area contributed by atoms with E-state index in [9.17, 15) is 13.2 Å². The van der Waals surface area contributed by atoms with Crippen molar-refractivity contribution in [3.8, 4) is 0 Å². The fourth-order valence-electron chi connectivity index (χ4n) is 0.669. The van der Waals surface area contributed by atoms with Crippen molar-refractivity contribution in [3.63, 3.8) is 0 Å². The van der Waals surface area contributed by atoms with Crippen molar-refractivity contribution in [1.29, 1.82) is 0 Å². The highest BCUT2D eigenvalue weighted by molar-refractivity contribution is 6.17. The van der Waals surface area contributed by atoms with Crippen LogP contribution in [0.4, 0.5) is 13.2 Å². The zero-order chi connectivity index (χ0) is 8.43. The summed E-state index contributed by atoms with van der Waals surface area (Å²) in [7, 11) is 0. The van der Waals surface area contributed by atoms with Gasteiger partial charge in [-0.15, -0.1) is 11.6 Å². The molecule has 0 N–H and O–H groups in total. The standard InChI is InChI=1S/C7H4ClF3/c8-3-4-1-2-5(9)7(11)6(4)10/h1-2H,3H2. The van der Waals surface area contributed by atoms with Crippen LogP contribution in [0.15, 0.2) is 12.1 Å². The first-order valence-corrected chi connectivity index (χ1v) is 3.38. The molecule has 0 atom stereocenters. The van der Waals surface area contributed by atoms with Gasteiger partial charge in [-0.25, -0.2) is 13.2 Å². The van der Waals surface area contributed by atoms with Gasteiger partial charge in [-0.1, -0.05) is 6.07 Å². The first kappa shape index (κ1) is 8.40. The van der Waals surface area contributed by atoms with Gasteiger partial charge >= 0.3 is 0 Å². The molecule has 1 aromatic carbocycles. The highest BCUT2D eigenvalue weighted by Gasteiger charge is 2.11. The molecule has 1 rings (SSSR count). The molecule has 0 saturated carbocycles. The van der Waals surface area contributed by atoms with Crippen LogP contribution in [0.5, 0.6) is 0 Å². The van der Waals surface area contributed by atoms with E-state index in [2.05, 4.69) is 0 Å². The van der Waals surface area contributed by atoms with Gasteiger partial charge < -0.3 is 0 Å². The van der Waals surface area contributed by atoms with Crippen molar-refractivity contribution in [2.24, 2.45) is 0 Å². The Morgan fingerprint density at radius 3 is 2.27 bits per heavy atom. The van der Waals surface area contributed by atoms with Gasteiger partial charge in [-0.2, -0.15) is 0 Å². The molecule has 11 heavy (non-hydrogen) atoms. The second kappa shape index (κ2) is 3.13. The number of halogens is 4. The number of alkyl halides is 1. The van der Waals surface area contributed by atoms with Crippen LogP contribution in [0.3, 0.4) is 0 Å². The molecule has 0 aromatic heterocycles. The molecule has 0 radical (unpaired) electrons. The number of rotatable bonds is 1. The average molecular weight is 181 g/mol. The quantitative estimate of drug-likeness (QED) is 0.461. The van der Waals surface area contributed by atoms with Crippen molar-refractivity contribution in [2.45, 2.75) is 5.88 Å². The molecule has 0 aliphatic rings. The summed E-state index contributed by atoms with van der Waals surface area (Å²) in [5, 5.41) is 0. The lowest BCUT2D eigenvalue weighted by atomic mass is 10.2. The molecule has 0 nitrogen and oxygen atoms in total. The Labute approximate surface area is 66.6 Å². The Balaban J connectivity index is 3.25. The topological polar surface area (TPSA) is 0 Å². The minimum atomic E-state index is -1.47. The molecule has 0 aliphatic carbocycles. The van der Waals surface area contributed by atoms with Crippen LogP contribution >= 0.6 is 11.6 Å². The highest BCUT2D eigenvalue weighted by Crippen LogP contribution is 2.16. The van der Waals surface area contributed by atoms with Gasteiger partial charge in [-0.05, 0) is 6.07 Å². The van der Waals surface area contributed by atoms with Gasteiger partial charge in [0.15, 0.2) is 17.5 Å². The van der Waals surface area contributed by atoms with E-state index in [-0.39, 0.29) is 11.4 Å². The van der Waals surface area contributed by atoms with Gasteiger partial charge in [0.1, 0.15) is 0 Å². The molecular weight excluding hydrogens is 177 g/mol. The van der Waals surface area contributed by atoms with E-state index in [1.54, 1.807) is 0 Å². The maximum Gasteiger partial charge on any atom is 0.194 e. The molecule has 0 aliphatic heterocycles. The summed E-state index contributed by atoms with van der Waals surface area (Å²) in [6, 6.07) is 1.96. The molecule has 0 saturated heterocycles. The maximum absolute atomic E-state index is 12.6. The van der Waals surface area contributed by atoms with Crippen LogP contribution in [-0.4, -0.2) is 0 Å². The number of hydrogen-bond donors (Lipinski definition) is 0. The fourth-order valence-corrected chi connectivity index (χ4v) is 0.876. The van der Waals surface area contributed by atoms with Crippen LogP contribution in [0.1, 0.15) is 5.56 Å². The van der Waals surface area contributed by atoms with Crippen molar-refractivity contribution < 1.29 is 13.2 Å². The van der Waals surface area contributed by atoms with Crippen LogP contribution < -0.4 is 0 Å². The van der Waals surface area contributed by atoms with Crippen LogP contribution in [0, 0.1) is 17.5 Å². The van der Waals surface area contributed by atoms with Gasteiger partial charge in [0, 0.05) is 5.56 Å². The summed E-state index contributed by atoms with van der Waals surface area (Å²) in [6.07, 6.45) is 0. The molecule has 4 heteroatoms. The minimum Gasteiger partial charge on any atom is -0.204 e. The van der Waals surface area contributed by atoms with Crippen molar-refractivity contribution in [1.82, 2.24) is 0 Å². The Morgan fingerprint density at radius 2 is 1.73 bits per heavy atom. The lowest BCUT2D eigenvalue weighted by Gasteiger charge is -1.98. The molecule has 0 amide bonds. The highest BCUT2D eigenvalue weighted by atomic mass is 35.5. The van der Waals surface area contributed by atoms with Crippen LogP contribution in [0.2, 0.25) is 0 Å². The first-order valence-electron chi connectivity index (χ1n) is 2.85.